The molecule has 16 heavy (non-hydrogen) atoms. The number of hydrogen-bond donors (Lipinski definition) is 1. The van der Waals surface area contributed by atoms with Crippen molar-refractivity contribution in [3.63, 3.8) is 0 Å². The number of unbranched alkanes of at least 4 members (excludes halogenated alkanes) is 1. The number of hydrogen-bond acceptors (Lipinski definition) is 3. The van der Waals surface area contributed by atoms with E-state index in [1.165, 1.54) is 0 Å². The number of nitrogens with zero attached hydrogens (tertiary/aromatic N) is 1. The molecule has 0 bridgehead atoms. The molecule has 2 saturated heterocycles. The highest BCUT2D eigenvalue weighted by molar-refractivity contribution is 5.83. The first-order valence-electron chi connectivity index (χ1n) is 6.41. The van der Waals surface area contributed by atoms with Crippen LogP contribution in [0.25, 0.3) is 0 Å². The van der Waals surface area contributed by atoms with Crippen LogP contribution in [0.1, 0.15) is 32.6 Å². The van der Waals surface area contributed by atoms with Gasteiger partial charge in [-0.05, 0) is 12.8 Å². The van der Waals surface area contributed by atoms with Gasteiger partial charge >= 0.3 is 0 Å². The van der Waals surface area contributed by atoms with Crippen molar-refractivity contribution in [2.45, 2.75) is 38.6 Å². The van der Waals surface area contributed by atoms with Crippen molar-refractivity contribution in [2.24, 2.45) is 5.92 Å². The maximum Gasteiger partial charge on any atom is 0.240 e. The third-order valence-electron chi connectivity index (χ3n) is 3.49. The van der Waals surface area contributed by atoms with Crippen LogP contribution in [-0.2, 0) is 9.53 Å². The maximum absolute atomic E-state index is 12.0. The highest BCUT2D eigenvalue weighted by Gasteiger charge is 2.32. The third-order valence-corrected chi connectivity index (χ3v) is 3.49. The molecule has 1 N–H and O–H groups in total. The minimum absolute atomic E-state index is 0.0715. The van der Waals surface area contributed by atoms with Crippen LogP contribution in [0.2, 0.25) is 0 Å². The molecule has 0 aromatic heterocycles. The molecule has 2 atom stereocenters. The van der Waals surface area contributed by atoms with Gasteiger partial charge in [-0.15, -0.1) is 0 Å². The lowest BCUT2D eigenvalue weighted by atomic mass is 10.1. The van der Waals surface area contributed by atoms with E-state index in [1.54, 1.807) is 0 Å². The Kier molecular flexibility index (Phi) is 4.18. The van der Waals surface area contributed by atoms with E-state index in [1.807, 2.05) is 4.90 Å². The fraction of sp³-hybridized carbons (Fsp3) is 0.917. The lowest BCUT2D eigenvalue weighted by Crippen LogP contribution is -2.34. The predicted molar refractivity (Wildman–Crippen MR) is 62.0 cm³/mol. The third kappa shape index (κ3) is 2.74. The second kappa shape index (κ2) is 5.64. The van der Waals surface area contributed by atoms with Crippen molar-refractivity contribution >= 4 is 5.91 Å². The van der Waals surface area contributed by atoms with Crippen LogP contribution < -0.4 is 5.32 Å². The zero-order valence-electron chi connectivity index (χ0n) is 10.1. The lowest BCUT2D eigenvalue weighted by molar-refractivity contribution is -0.129. The normalized spacial score (nSPS) is 30.3. The molecule has 2 aliphatic rings. The smallest absolute Gasteiger partial charge is 0.240 e. The number of carbonyl (C=O) groups excluding carboxylic acids is 1. The highest BCUT2D eigenvalue weighted by Crippen LogP contribution is 2.17. The van der Waals surface area contributed by atoms with E-state index in [9.17, 15) is 4.79 Å². The van der Waals surface area contributed by atoms with Crippen LogP contribution >= 0.6 is 0 Å². The van der Waals surface area contributed by atoms with Crippen LogP contribution in [0.15, 0.2) is 0 Å². The maximum atomic E-state index is 12.0. The van der Waals surface area contributed by atoms with E-state index in [2.05, 4.69) is 12.2 Å². The van der Waals surface area contributed by atoms with Crippen LogP contribution in [0.3, 0.4) is 0 Å². The van der Waals surface area contributed by atoms with Gasteiger partial charge < -0.3 is 9.64 Å². The standard InChI is InChI=1S/C12H22N2O2/c1-2-3-4-11-12(15)14(9-13-11)7-10-5-6-16-8-10/h10-11,13H,2-9H2,1H3. The molecule has 0 radical (unpaired) electrons. The topological polar surface area (TPSA) is 41.6 Å². The molecule has 2 rings (SSSR count). The summed E-state index contributed by atoms with van der Waals surface area (Å²) in [6.07, 6.45) is 4.36. The molecular formula is C12H22N2O2. The minimum Gasteiger partial charge on any atom is -0.381 e. The molecule has 0 saturated carbocycles. The molecule has 0 spiro atoms. The van der Waals surface area contributed by atoms with Gasteiger partial charge in [0, 0.05) is 19.1 Å². The molecule has 1 amide bonds. The zero-order chi connectivity index (χ0) is 11.4. The van der Waals surface area contributed by atoms with Crippen LogP contribution in [-0.4, -0.2) is 43.3 Å². The summed E-state index contributed by atoms with van der Waals surface area (Å²) >= 11 is 0. The van der Waals surface area contributed by atoms with Crippen molar-refractivity contribution < 1.29 is 9.53 Å². The summed E-state index contributed by atoms with van der Waals surface area (Å²) in [6.45, 7) is 5.44. The van der Waals surface area contributed by atoms with Gasteiger partial charge in [0.1, 0.15) is 0 Å². The van der Waals surface area contributed by atoms with Crippen molar-refractivity contribution in [1.82, 2.24) is 10.2 Å². The number of ether oxygens (including phenoxy) is 1. The fourth-order valence-corrected chi connectivity index (χ4v) is 2.43. The van der Waals surface area contributed by atoms with Gasteiger partial charge in [0.2, 0.25) is 5.91 Å². The first kappa shape index (κ1) is 11.9. The van der Waals surface area contributed by atoms with E-state index in [0.29, 0.717) is 11.8 Å². The lowest BCUT2D eigenvalue weighted by Gasteiger charge is -2.18. The first-order chi connectivity index (χ1) is 7.81. The Bertz CT molecular complexity index is 239. The van der Waals surface area contributed by atoms with Gasteiger partial charge in [-0.25, -0.2) is 0 Å². The number of amides is 1. The fourth-order valence-electron chi connectivity index (χ4n) is 2.43. The molecule has 2 unspecified atom stereocenters. The number of carbonyl (C=O) groups is 1. The summed E-state index contributed by atoms with van der Waals surface area (Å²) in [4.78, 5) is 14.0. The summed E-state index contributed by atoms with van der Waals surface area (Å²) < 4.78 is 5.34. The monoisotopic (exact) mass is 226 g/mol. The Labute approximate surface area is 97.3 Å². The second-order valence-electron chi connectivity index (χ2n) is 4.85. The van der Waals surface area contributed by atoms with Crippen molar-refractivity contribution in [3.8, 4) is 0 Å². The average Bonchev–Trinajstić information content (AvgIpc) is 2.89. The Balaban J connectivity index is 1.77. The quantitative estimate of drug-likeness (QED) is 0.759. The molecule has 4 nitrogen and oxygen atoms in total. The second-order valence-corrected chi connectivity index (χ2v) is 4.85. The minimum atomic E-state index is 0.0715. The molecule has 0 aromatic carbocycles. The van der Waals surface area contributed by atoms with Crippen molar-refractivity contribution in [2.75, 3.05) is 26.4 Å². The van der Waals surface area contributed by atoms with Gasteiger partial charge in [0.15, 0.2) is 0 Å². The molecule has 2 aliphatic heterocycles. The van der Waals surface area contributed by atoms with Crippen LogP contribution in [0.4, 0.5) is 0 Å². The summed E-state index contributed by atoms with van der Waals surface area (Å²) in [5.41, 5.74) is 0. The van der Waals surface area contributed by atoms with Gasteiger partial charge in [0.25, 0.3) is 0 Å². The number of nitrogens with one attached hydrogen (secondary N) is 1. The number of rotatable bonds is 5. The predicted octanol–water partition coefficient (Wildman–Crippen LogP) is 0.971. The molecule has 2 heterocycles. The van der Waals surface area contributed by atoms with E-state index >= 15 is 0 Å². The van der Waals surface area contributed by atoms with Gasteiger partial charge in [-0.1, -0.05) is 19.8 Å². The van der Waals surface area contributed by atoms with Gasteiger partial charge in [-0.3, -0.25) is 10.1 Å². The first-order valence-corrected chi connectivity index (χ1v) is 6.41. The molecule has 2 fully saturated rings. The van der Waals surface area contributed by atoms with E-state index in [4.69, 9.17) is 4.74 Å². The molecular weight excluding hydrogens is 204 g/mol. The summed E-state index contributed by atoms with van der Waals surface area (Å²) in [6, 6.07) is 0.0715. The van der Waals surface area contributed by atoms with E-state index in [0.717, 1.165) is 52.1 Å². The summed E-state index contributed by atoms with van der Waals surface area (Å²) in [7, 11) is 0. The van der Waals surface area contributed by atoms with Crippen molar-refractivity contribution in [1.29, 1.82) is 0 Å². The molecule has 0 aromatic rings. The molecule has 4 heteroatoms. The van der Waals surface area contributed by atoms with Crippen LogP contribution in [0, 0.1) is 5.92 Å². The Morgan fingerprint density at radius 3 is 3.12 bits per heavy atom. The zero-order valence-corrected chi connectivity index (χ0v) is 10.1. The average molecular weight is 226 g/mol. The van der Waals surface area contributed by atoms with E-state index < -0.39 is 0 Å². The van der Waals surface area contributed by atoms with Gasteiger partial charge in [0.05, 0.1) is 19.3 Å². The molecule has 0 aliphatic carbocycles. The summed E-state index contributed by atoms with van der Waals surface area (Å²) in [5, 5.41) is 3.30. The SMILES string of the molecule is CCCCC1NCN(CC2CCOC2)C1=O. The molecule has 92 valence electrons. The summed E-state index contributed by atoms with van der Waals surface area (Å²) in [5.74, 6) is 0.844. The van der Waals surface area contributed by atoms with Crippen LogP contribution in [0.5, 0.6) is 0 Å². The van der Waals surface area contributed by atoms with Gasteiger partial charge in [-0.2, -0.15) is 0 Å². The largest absolute Gasteiger partial charge is 0.381 e. The van der Waals surface area contributed by atoms with E-state index in [-0.39, 0.29) is 6.04 Å². The Hall–Kier alpha value is -0.610. The Morgan fingerprint density at radius 2 is 2.44 bits per heavy atom. The highest BCUT2D eigenvalue weighted by atomic mass is 16.5. The van der Waals surface area contributed by atoms with Crippen molar-refractivity contribution in [3.05, 3.63) is 0 Å². The Morgan fingerprint density at radius 1 is 1.56 bits per heavy atom.